The van der Waals surface area contributed by atoms with Crippen molar-refractivity contribution in [1.29, 1.82) is 0 Å². The van der Waals surface area contributed by atoms with Gasteiger partial charge in [0.1, 0.15) is 5.75 Å². The Morgan fingerprint density at radius 2 is 1.81 bits per heavy atom. The summed E-state index contributed by atoms with van der Waals surface area (Å²) in [6, 6.07) is 6.18. The summed E-state index contributed by atoms with van der Waals surface area (Å²) < 4.78 is 0. The molecule has 0 heterocycles. The molecule has 0 aliphatic rings. The summed E-state index contributed by atoms with van der Waals surface area (Å²) in [7, 11) is 0. The molecular weight excluding hydrogens is 212 g/mol. The van der Waals surface area contributed by atoms with E-state index in [1.165, 1.54) is 12.1 Å². The van der Waals surface area contributed by atoms with Crippen molar-refractivity contribution in [3.8, 4) is 5.75 Å². The topological polar surface area (TPSA) is 94.8 Å². The van der Waals surface area contributed by atoms with Crippen molar-refractivity contribution in [2.24, 2.45) is 0 Å². The average molecular weight is 222 g/mol. The average Bonchev–Trinajstić information content (AvgIpc) is 2.19. The lowest BCUT2D eigenvalue weighted by molar-refractivity contribution is -0.135. The maximum Gasteiger partial charge on any atom is 0.332 e. The Balaban J connectivity index is 2.98. The Labute approximate surface area is 91.3 Å². The van der Waals surface area contributed by atoms with E-state index in [0.29, 0.717) is 11.6 Å². The molecular formula is C11H10O5. The molecule has 0 spiro atoms. The highest BCUT2D eigenvalue weighted by molar-refractivity contribution is 5.95. The Kier molecular flexibility index (Phi) is 3.66. The minimum absolute atomic E-state index is 0.0555. The summed E-state index contributed by atoms with van der Waals surface area (Å²) in [5.41, 5.74) is 0.0893. The van der Waals surface area contributed by atoms with Gasteiger partial charge in [-0.25, -0.2) is 9.59 Å². The van der Waals surface area contributed by atoms with E-state index in [-0.39, 0.29) is 17.7 Å². The molecule has 0 aliphatic heterocycles. The van der Waals surface area contributed by atoms with E-state index in [1.807, 2.05) is 0 Å². The highest BCUT2D eigenvalue weighted by Crippen LogP contribution is 2.19. The Morgan fingerprint density at radius 3 is 2.31 bits per heavy atom. The number of aromatic hydroxyl groups is 1. The number of para-hydroxylation sites is 1. The third kappa shape index (κ3) is 3.13. The van der Waals surface area contributed by atoms with Crippen LogP contribution in [0.4, 0.5) is 0 Å². The number of hydrogen-bond acceptors (Lipinski definition) is 3. The molecule has 0 saturated heterocycles. The molecule has 0 amide bonds. The SMILES string of the molecule is O=C(O)/C=C(\Cc1ccccc1O)C(=O)O. The van der Waals surface area contributed by atoms with Gasteiger partial charge in [-0.3, -0.25) is 0 Å². The van der Waals surface area contributed by atoms with Crippen LogP contribution in [-0.4, -0.2) is 27.3 Å². The van der Waals surface area contributed by atoms with Crippen LogP contribution >= 0.6 is 0 Å². The number of phenolic OH excluding ortho intramolecular Hbond substituents is 1. The maximum absolute atomic E-state index is 10.7. The van der Waals surface area contributed by atoms with Gasteiger partial charge in [-0.1, -0.05) is 18.2 Å². The molecule has 0 bridgehead atoms. The number of carboxylic acid groups (broad SMARTS) is 2. The standard InChI is InChI=1S/C11H10O5/c12-9-4-2-1-3-7(9)5-8(11(15)16)6-10(13)14/h1-4,6,12H,5H2,(H,13,14)(H,15,16)/b8-6+. The molecule has 0 radical (unpaired) electrons. The smallest absolute Gasteiger partial charge is 0.332 e. The van der Waals surface area contributed by atoms with Crippen molar-refractivity contribution in [3.05, 3.63) is 41.5 Å². The lowest BCUT2D eigenvalue weighted by atomic mass is 10.0. The highest BCUT2D eigenvalue weighted by Gasteiger charge is 2.12. The van der Waals surface area contributed by atoms with Gasteiger partial charge in [0.25, 0.3) is 0 Å². The summed E-state index contributed by atoms with van der Waals surface area (Å²) in [5, 5.41) is 26.6. The summed E-state index contributed by atoms with van der Waals surface area (Å²) >= 11 is 0. The number of carbonyl (C=O) groups is 2. The van der Waals surface area contributed by atoms with Crippen LogP contribution in [0.3, 0.4) is 0 Å². The van der Waals surface area contributed by atoms with Crippen molar-refractivity contribution in [3.63, 3.8) is 0 Å². The zero-order valence-corrected chi connectivity index (χ0v) is 8.25. The molecule has 0 atom stereocenters. The monoisotopic (exact) mass is 222 g/mol. The minimum atomic E-state index is -1.33. The van der Waals surface area contributed by atoms with Crippen molar-refractivity contribution in [2.75, 3.05) is 0 Å². The van der Waals surface area contributed by atoms with Gasteiger partial charge < -0.3 is 15.3 Å². The first-order chi connectivity index (χ1) is 7.50. The van der Waals surface area contributed by atoms with Crippen LogP contribution in [-0.2, 0) is 16.0 Å². The molecule has 1 aromatic carbocycles. The molecule has 0 saturated carbocycles. The van der Waals surface area contributed by atoms with Gasteiger partial charge in [0, 0.05) is 18.1 Å². The molecule has 3 N–H and O–H groups in total. The fourth-order valence-electron chi connectivity index (χ4n) is 1.20. The second kappa shape index (κ2) is 4.97. The zero-order valence-electron chi connectivity index (χ0n) is 8.25. The number of rotatable bonds is 4. The van der Waals surface area contributed by atoms with E-state index in [9.17, 15) is 14.7 Å². The number of carboxylic acids is 2. The molecule has 16 heavy (non-hydrogen) atoms. The zero-order chi connectivity index (χ0) is 12.1. The Hall–Kier alpha value is -2.30. The van der Waals surface area contributed by atoms with Crippen molar-refractivity contribution in [1.82, 2.24) is 0 Å². The molecule has 84 valence electrons. The van der Waals surface area contributed by atoms with Gasteiger partial charge in [0.05, 0.1) is 0 Å². The van der Waals surface area contributed by atoms with Crippen LogP contribution in [0.1, 0.15) is 5.56 Å². The quantitative estimate of drug-likeness (QED) is 0.661. The van der Waals surface area contributed by atoms with Gasteiger partial charge in [0.15, 0.2) is 0 Å². The van der Waals surface area contributed by atoms with Crippen LogP contribution in [0.25, 0.3) is 0 Å². The predicted molar refractivity (Wildman–Crippen MR) is 55.2 cm³/mol. The second-order valence-corrected chi connectivity index (χ2v) is 3.12. The van der Waals surface area contributed by atoms with E-state index < -0.39 is 11.9 Å². The molecule has 5 nitrogen and oxygen atoms in total. The van der Waals surface area contributed by atoms with Crippen molar-refractivity contribution < 1.29 is 24.9 Å². The predicted octanol–water partition coefficient (Wildman–Crippen LogP) is 1.03. The summed E-state index contributed by atoms with van der Waals surface area (Å²) in [6.45, 7) is 0. The normalized spacial score (nSPS) is 11.1. The lowest BCUT2D eigenvalue weighted by Gasteiger charge is -2.04. The van der Waals surface area contributed by atoms with Crippen molar-refractivity contribution in [2.45, 2.75) is 6.42 Å². The first kappa shape index (κ1) is 11.8. The number of aliphatic carboxylic acids is 2. The van der Waals surface area contributed by atoms with E-state index in [1.54, 1.807) is 12.1 Å². The van der Waals surface area contributed by atoms with Crippen LogP contribution < -0.4 is 0 Å². The summed E-state index contributed by atoms with van der Waals surface area (Å²) in [5.74, 6) is -2.70. The van der Waals surface area contributed by atoms with Crippen LogP contribution in [0.5, 0.6) is 5.75 Å². The third-order valence-electron chi connectivity index (χ3n) is 1.94. The van der Waals surface area contributed by atoms with Crippen LogP contribution in [0.2, 0.25) is 0 Å². The minimum Gasteiger partial charge on any atom is -0.508 e. The Morgan fingerprint density at radius 1 is 1.19 bits per heavy atom. The van der Waals surface area contributed by atoms with Crippen molar-refractivity contribution >= 4 is 11.9 Å². The number of hydrogen-bond donors (Lipinski definition) is 3. The maximum atomic E-state index is 10.7. The van der Waals surface area contributed by atoms with Crippen LogP contribution in [0.15, 0.2) is 35.9 Å². The van der Waals surface area contributed by atoms with E-state index in [0.717, 1.165) is 0 Å². The fourth-order valence-corrected chi connectivity index (χ4v) is 1.20. The van der Waals surface area contributed by atoms with E-state index in [2.05, 4.69) is 0 Å². The fraction of sp³-hybridized carbons (Fsp3) is 0.0909. The van der Waals surface area contributed by atoms with Gasteiger partial charge >= 0.3 is 11.9 Å². The van der Waals surface area contributed by atoms with Crippen LogP contribution in [0, 0.1) is 0 Å². The second-order valence-electron chi connectivity index (χ2n) is 3.12. The summed E-state index contributed by atoms with van der Waals surface area (Å²) in [4.78, 5) is 21.1. The van der Waals surface area contributed by atoms with E-state index >= 15 is 0 Å². The van der Waals surface area contributed by atoms with Gasteiger partial charge in [0.2, 0.25) is 0 Å². The summed E-state index contributed by atoms with van der Waals surface area (Å²) in [6.07, 6.45) is 0.489. The number of phenols is 1. The lowest BCUT2D eigenvalue weighted by Crippen LogP contribution is -2.06. The Bertz CT molecular complexity index is 447. The molecule has 0 fully saturated rings. The first-order valence-corrected chi connectivity index (χ1v) is 4.44. The van der Waals surface area contributed by atoms with Gasteiger partial charge in [-0.05, 0) is 11.6 Å². The van der Waals surface area contributed by atoms with E-state index in [4.69, 9.17) is 10.2 Å². The van der Waals surface area contributed by atoms with Gasteiger partial charge in [-0.15, -0.1) is 0 Å². The van der Waals surface area contributed by atoms with Gasteiger partial charge in [-0.2, -0.15) is 0 Å². The highest BCUT2D eigenvalue weighted by atomic mass is 16.4. The molecule has 0 unspecified atom stereocenters. The third-order valence-corrected chi connectivity index (χ3v) is 1.94. The largest absolute Gasteiger partial charge is 0.508 e. The first-order valence-electron chi connectivity index (χ1n) is 4.44. The molecule has 1 aromatic rings. The molecule has 0 aromatic heterocycles. The number of benzene rings is 1. The molecule has 1 rings (SSSR count). The molecule has 0 aliphatic carbocycles. The molecule has 5 heteroatoms.